The average molecular weight is 334 g/mol. The van der Waals surface area contributed by atoms with E-state index in [1.165, 1.54) is 4.90 Å². The van der Waals surface area contributed by atoms with Crippen molar-refractivity contribution in [1.29, 1.82) is 0 Å². The maximum absolute atomic E-state index is 12.8. The van der Waals surface area contributed by atoms with Crippen LogP contribution in [0, 0.1) is 12.3 Å². The molecule has 1 heterocycles. The molecule has 0 spiro atoms. The fraction of sp³-hybridized carbons (Fsp3) is 0.684. The van der Waals surface area contributed by atoms with E-state index in [0.717, 1.165) is 41.9 Å². The van der Waals surface area contributed by atoms with Gasteiger partial charge < -0.3 is 14.6 Å². The van der Waals surface area contributed by atoms with E-state index in [1.54, 1.807) is 7.05 Å². The van der Waals surface area contributed by atoms with Crippen LogP contribution in [0.2, 0.25) is 0 Å². The second-order valence-corrected chi connectivity index (χ2v) is 7.69. The number of hydrogen-bond donors (Lipinski definition) is 1. The molecular weight excluding hydrogens is 304 g/mol. The second-order valence-electron chi connectivity index (χ2n) is 7.69. The molecule has 1 aromatic heterocycles. The molecule has 0 atom stereocenters. The van der Waals surface area contributed by atoms with Crippen molar-refractivity contribution in [3.63, 3.8) is 0 Å². The molecule has 0 bridgehead atoms. The quantitative estimate of drug-likeness (QED) is 0.869. The summed E-state index contributed by atoms with van der Waals surface area (Å²) in [5, 5.41) is 9.02. The normalized spacial score (nSPS) is 16.2. The van der Waals surface area contributed by atoms with Gasteiger partial charge in [-0.3, -0.25) is 9.59 Å². The first kappa shape index (κ1) is 18.7. The number of ketones is 1. The molecule has 24 heavy (non-hydrogen) atoms. The molecule has 5 nitrogen and oxygen atoms in total. The van der Waals surface area contributed by atoms with Gasteiger partial charge >= 0.3 is 0 Å². The van der Waals surface area contributed by atoms with Crippen LogP contribution in [0.5, 0.6) is 0 Å². The SMILES string of the molecule is CCCn1c(C)c(CC(=O)N(C)CCO)c2c1CC(C)(C)CC2=O. The monoisotopic (exact) mass is 334 g/mol. The third-order valence-electron chi connectivity index (χ3n) is 4.96. The number of nitrogens with zero attached hydrogens (tertiary/aromatic N) is 2. The minimum atomic E-state index is -0.0544. The third-order valence-corrected chi connectivity index (χ3v) is 4.96. The topological polar surface area (TPSA) is 62.5 Å². The number of aliphatic hydroxyl groups is 1. The Morgan fingerprint density at radius 3 is 2.58 bits per heavy atom. The minimum absolute atomic E-state index is 0.0324. The molecule has 0 fully saturated rings. The zero-order valence-electron chi connectivity index (χ0n) is 15.6. The summed E-state index contributed by atoms with van der Waals surface area (Å²) in [5.41, 5.74) is 3.77. The van der Waals surface area contributed by atoms with Crippen LogP contribution in [0.25, 0.3) is 0 Å². The standard InChI is InChI=1S/C19H30N2O3/c1-6-7-21-13(2)14(10-17(24)20(5)8-9-22)18-15(21)11-19(3,4)12-16(18)23/h22H,6-12H2,1-5H3. The highest BCUT2D eigenvalue weighted by Crippen LogP contribution is 2.39. The van der Waals surface area contributed by atoms with Gasteiger partial charge in [-0.15, -0.1) is 0 Å². The number of fused-ring (bicyclic) bond motifs is 1. The lowest BCUT2D eigenvalue weighted by atomic mass is 9.75. The molecule has 0 saturated carbocycles. The van der Waals surface area contributed by atoms with Gasteiger partial charge in [-0.05, 0) is 30.7 Å². The first-order valence-corrected chi connectivity index (χ1v) is 8.80. The Bertz CT molecular complexity index is 644. The summed E-state index contributed by atoms with van der Waals surface area (Å²) < 4.78 is 2.24. The lowest BCUT2D eigenvalue weighted by Gasteiger charge is -2.30. The fourth-order valence-corrected chi connectivity index (χ4v) is 3.71. The predicted molar refractivity (Wildman–Crippen MR) is 94.3 cm³/mol. The number of carbonyl (C=O) groups is 2. The summed E-state index contributed by atoms with van der Waals surface area (Å²) in [5.74, 6) is 0.105. The van der Waals surface area contributed by atoms with Gasteiger partial charge in [-0.2, -0.15) is 0 Å². The number of carbonyl (C=O) groups excluding carboxylic acids is 2. The highest BCUT2D eigenvalue weighted by Gasteiger charge is 2.37. The van der Waals surface area contributed by atoms with Gasteiger partial charge in [0.15, 0.2) is 5.78 Å². The van der Waals surface area contributed by atoms with E-state index in [-0.39, 0.29) is 30.1 Å². The third kappa shape index (κ3) is 3.56. The molecule has 0 radical (unpaired) electrons. The maximum Gasteiger partial charge on any atom is 0.226 e. The van der Waals surface area contributed by atoms with Crippen LogP contribution in [-0.2, 0) is 24.2 Å². The molecule has 1 aromatic rings. The van der Waals surface area contributed by atoms with E-state index in [9.17, 15) is 9.59 Å². The van der Waals surface area contributed by atoms with E-state index in [0.29, 0.717) is 13.0 Å². The van der Waals surface area contributed by atoms with E-state index >= 15 is 0 Å². The van der Waals surface area contributed by atoms with Crippen molar-refractivity contribution in [2.45, 2.75) is 59.9 Å². The van der Waals surface area contributed by atoms with Crippen LogP contribution < -0.4 is 0 Å². The van der Waals surface area contributed by atoms with Crippen molar-refractivity contribution in [3.05, 3.63) is 22.5 Å². The zero-order chi connectivity index (χ0) is 18.1. The molecule has 1 amide bonds. The molecule has 134 valence electrons. The largest absolute Gasteiger partial charge is 0.395 e. The smallest absolute Gasteiger partial charge is 0.226 e. The van der Waals surface area contributed by atoms with Gasteiger partial charge in [0.2, 0.25) is 5.91 Å². The fourth-order valence-electron chi connectivity index (χ4n) is 3.71. The molecule has 0 saturated heterocycles. The zero-order valence-corrected chi connectivity index (χ0v) is 15.6. The van der Waals surface area contributed by atoms with E-state index in [4.69, 9.17) is 5.11 Å². The summed E-state index contributed by atoms with van der Waals surface area (Å²) in [6, 6.07) is 0. The molecule has 0 aliphatic heterocycles. The molecule has 5 heteroatoms. The van der Waals surface area contributed by atoms with E-state index < -0.39 is 0 Å². The first-order valence-electron chi connectivity index (χ1n) is 8.80. The van der Waals surface area contributed by atoms with Crippen molar-refractivity contribution < 1.29 is 14.7 Å². The Kier molecular flexibility index (Phi) is 5.53. The summed E-state index contributed by atoms with van der Waals surface area (Å²) in [7, 11) is 1.69. The van der Waals surface area contributed by atoms with Crippen LogP contribution in [0.3, 0.4) is 0 Å². The van der Waals surface area contributed by atoms with Gasteiger partial charge in [-0.25, -0.2) is 0 Å². The number of rotatable bonds is 6. The van der Waals surface area contributed by atoms with Gasteiger partial charge in [0.25, 0.3) is 0 Å². The van der Waals surface area contributed by atoms with Crippen molar-refractivity contribution in [2.75, 3.05) is 20.2 Å². The predicted octanol–water partition coefficient (Wildman–Crippen LogP) is 2.35. The van der Waals surface area contributed by atoms with Crippen LogP contribution in [-0.4, -0.2) is 46.5 Å². The molecule has 0 aromatic carbocycles. The molecule has 1 aliphatic rings. The molecule has 1 N–H and O–H groups in total. The number of likely N-dealkylation sites (N-methyl/N-ethyl adjacent to an activating group) is 1. The lowest BCUT2D eigenvalue weighted by molar-refractivity contribution is -0.129. The Morgan fingerprint density at radius 2 is 2.00 bits per heavy atom. The highest BCUT2D eigenvalue weighted by atomic mass is 16.3. The Balaban J connectivity index is 2.46. The Hall–Kier alpha value is -1.62. The summed E-state index contributed by atoms with van der Waals surface area (Å²) >= 11 is 0. The average Bonchev–Trinajstić information content (AvgIpc) is 2.72. The number of aromatic nitrogens is 1. The molecule has 2 rings (SSSR count). The van der Waals surface area contributed by atoms with E-state index in [1.807, 2.05) is 6.92 Å². The van der Waals surface area contributed by atoms with Crippen molar-refractivity contribution >= 4 is 11.7 Å². The van der Waals surface area contributed by atoms with Gasteiger partial charge in [0, 0.05) is 43.5 Å². The Morgan fingerprint density at radius 1 is 1.33 bits per heavy atom. The molecule has 0 unspecified atom stereocenters. The molecular formula is C19H30N2O3. The van der Waals surface area contributed by atoms with E-state index in [2.05, 4.69) is 25.3 Å². The summed E-state index contributed by atoms with van der Waals surface area (Å²) in [6.45, 7) is 9.54. The van der Waals surface area contributed by atoms with Gasteiger partial charge in [0.05, 0.1) is 13.0 Å². The van der Waals surface area contributed by atoms with Crippen LogP contribution in [0.15, 0.2) is 0 Å². The minimum Gasteiger partial charge on any atom is -0.395 e. The number of hydrogen-bond acceptors (Lipinski definition) is 3. The summed E-state index contributed by atoms with van der Waals surface area (Å²) in [6.07, 6.45) is 2.63. The first-order chi connectivity index (χ1) is 11.2. The van der Waals surface area contributed by atoms with Crippen molar-refractivity contribution in [1.82, 2.24) is 9.47 Å². The number of Topliss-reactive ketones (excluding diaryl/α,β-unsaturated/α-hetero) is 1. The highest BCUT2D eigenvalue weighted by molar-refractivity contribution is 6.01. The molecule has 1 aliphatic carbocycles. The van der Waals surface area contributed by atoms with Crippen LogP contribution in [0.1, 0.15) is 60.9 Å². The number of amides is 1. The van der Waals surface area contributed by atoms with Gasteiger partial charge in [-0.1, -0.05) is 20.8 Å². The van der Waals surface area contributed by atoms with Crippen molar-refractivity contribution in [2.24, 2.45) is 5.41 Å². The Labute approximate surface area is 144 Å². The maximum atomic E-state index is 12.8. The van der Waals surface area contributed by atoms with Crippen LogP contribution in [0.4, 0.5) is 0 Å². The summed E-state index contributed by atoms with van der Waals surface area (Å²) in [4.78, 5) is 26.8. The second kappa shape index (κ2) is 7.09. The number of aliphatic hydroxyl groups excluding tert-OH is 1. The van der Waals surface area contributed by atoms with Crippen LogP contribution >= 0.6 is 0 Å². The van der Waals surface area contributed by atoms with Gasteiger partial charge in [0.1, 0.15) is 0 Å². The lowest BCUT2D eigenvalue weighted by Crippen LogP contribution is -2.32. The van der Waals surface area contributed by atoms with Crippen molar-refractivity contribution in [3.8, 4) is 0 Å².